The molecule has 2 aromatic carbocycles. The van der Waals surface area contributed by atoms with Gasteiger partial charge in [0, 0.05) is 18.2 Å². The largest absolute Gasteiger partial charge is 0.493 e. The quantitative estimate of drug-likeness (QED) is 0.401. The van der Waals surface area contributed by atoms with Crippen LogP contribution in [0, 0.1) is 18.6 Å². The summed E-state index contributed by atoms with van der Waals surface area (Å²) in [6.07, 6.45) is 3.50. The summed E-state index contributed by atoms with van der Waals surface area (Å²) in [6, 6.07) is 15.0. The van der Waals surface area contributed by atoms with Crippen molar-refractivity contribution in [1.82, 2.24) is 14.4 Å². The van der Waals surface area contributed by atoms with Gasteiger partial charge < -0.3 is 9.52 Å². The van der Waals surface area contributed by atoms with Crippen molar-refractivity contribution in [3.8, 4) is 17.1 Å². The molecule has 0 radical (unpaired) electrons. The molecule has 32 heavy (non-hydrogen) atoms. The molecule has 0 atom stereocenters. The van der Waals surface area contributed by atoms with Gasteiger partial charge in [-0.3, -0.25) is 4.40 Å². The van der Waals surface area contributed by atoms with Gasteiger partial charge in [-0.25, -0.2) is 18.7 Å². The summed E-state index contributed by atoms with van der Waals surface area (Å²) in [5.74, 6) is -0.224. The van der Waals surface area contributed by atoms with Crippen molar-refractivity contribution >= 4 is 5.65 Å². The van der Waals surface area contributed by atoms with Gasteiger partial charge in [-0.1, -0.05) is 30.3 Å². The van der Waals surface area contributed by atoms with E-state index < -0.39 is 5.82 Å². The van der Waals surface area contributed by atoms with Crippen LogP contribution in [0.5, 0.6) is 5.88 Å². The van der Waals surface area contributed by atoms with E-state index in [9.17, 15) is 13.9 Å². The van der Waals surface area contributed by atoms with E-state index in [4.69, 9.17) is 4.42 Å². The zero-order chi connectivity index (χ0) is 22.2. The number of furan rings is 1. The molecule has 3 heterocycles. The van der Waals surface area contributed by atoms with Crippen LogP contribution in [-0.4, -0.2) is 19.5 Å². The number of benzene rings is 2. The minimum atomic E-state index is -0.397. The van der Waals surface area contributed by atoms with Gasteiger partial charge in [0.25, 0.3) is 0 Å². The summed E-state index contributed by atoms with van der Waals surface area (Å²) in [7, 11) is 0. The molecule has 5 nitrogen and oxygen atoms in total. The van der Waals surface area contributed by atoms with E-state index in [1.807, 2.05) is 0 Å². The summed E-state index contributed by atoms with van der Waals surface area (Å²) in [4.78, 5) is 9.20. The van der Waals surface area contributed by atoms with E-state index in [0.29, 0.717) is 45.2 Å². The highest BCUT2D eigenvalue weighted by Gasteiger charge is 2.20. The summed E-state index contributed by atoms with van der Waals surface area (Å²) in [5.41, 5.74) is 2.72. The molecule has 0 saturated heterocycles. The molecule has 1 N–H and O–H groups in total. The summed E-state index contributed by atoms with van der Waals surface area (Å²) >= 11 is 0. The zero-order valence-electron chi connectivity index (χ0n) is 17.2. The van der Waals surface area contributed by atoms with Crippen LogP contribution in [0.2, 0.25) is 0 Å². The van der Waals surface area contributed by atoms with E-state index in [2.05, 4.69) is 9.97 Å². The van der Waals surface area contributed by atoms with Crippen molar-refractivity contribution in [3.05, 3.63) is 107 Å². The molecule has 5 rings (SSSR count). The highest BCUT2D eigenvalue weighted by Crippen LogP contribution is 2.30. The first kappa shape index (κ1) is 19.9. The van der Waals surface area contributed by atoms with Crippen LogP contribution >= 0.6 is 0 Å². The van der Waals surface area contributed by atoms with Crippen molar-refractivity contribution in [2.75, 3.05) is 0 Å². The Bertz CT molecular complexity index is 1430. The minimum absolute atomic E-state index is 0.0945. The number of nitrogens with zero attached hydrogens (tertiary/aromatic N) is 3. The second kappa shape index (κ2) is 7.92. The molecule has 0 aliphatic rings. The van der Waals surface area contributed by atoms with E-state index in [1.165, 1.54) is 10.5 Å². The van der Waals surface area contributed by atoms with Crippen molar-refractivity contribution < 1.29 is 18.3 Å². The molecule has 160 valence electrons. The highest BCUT2D eigenvalue weighted by molar-refractivity contribution is 5.64. The molecular weight excluding hydrogens is 412 g/mol. The second-order valence-electron chi connectivity index (χ2n) is 7.61. The number of hydrogen-bond donors (Lipinski definition) is 1. The summed E-state index contributed by atoms with van der Waals surface area (Å²) in [6.45, 7) is 1.67. The minimum Gasteiger partial charge on any atom is -0.493 e. The first-order valence-corrected chi connectivity index (χ1v) is 10.1. The first-order chi connectivity index (χ1) is 15.5. The van der Waals surface area contributed by atoms with Gasteiger partial charge in [0.05, 0.1) is 24.1 Å². The van der Waals surface area contributed by atoms with Crippen molar-refractivity contribution in [1.29, 1.82) is 0 Å². The lowest BCUT2D eigenvalue weighted by atomic mass is 10.1. The Labute approximate surface area is 182 Å². The molecule has 0 aliphatic carbocycles. The number of aryl methyl sites for hydroxylation is 1. The number of fused-ring (bicyclic) bond motifs is 1. The first-order valence-electron chi connectivity index (χ1n) is 10.1. The van der Waals surface area contributed by atoms with Gasteiger partial charge in [0.15, 0.2) is 5.65 Å². The lowest BCUT2D eigenvalue weighted by molar-refractivity contribution is 0.438. The molecule has 3 aromatic heterocycles. The van der Waals surface area contributed by atoms with Gasteiger partial charge in [-0.05, 0) is 42.3 Å². The van der Waals surface area contributed by atoms with Crippen molar-refractivity contribution in [2.45, 2.75) is 19.8 Å². The normalized spacial score (nSPS) is 11.3. The molecule has 0 bridgehead atoms. The van der Waals surface area contributed by atoms with Gasteiger partial charge in [0.1, 0.15) is 23.1 Å². The third-order valence-electron chi connectivity index (χ3n) is 5.43. The van der Waals surface area contributed by atoms with Crippen molar-refractivity contribution in [2.24, 2.45) is 0 Å². The van der Waals surface area contributed by atoms with Crippen molar-refractivity contribution in [3.63, 3.8) is 0 Å². The molecule has 0 aliphatic heterocycles. The Hall–Kier alpha value is -4.00. The van der Waals surface area contributed by atoms with Crippen LogP contribution in [0.15, 0.2) is 71.5 Å². The Morgan fingerprint density at radius 1 is 0.938 bits per heavy atom. The molecule has 0 saturated carbocycles. The molecule has 0 amide bonds. The Morgan fingerprint density at radius 2 is 1.78 bits per heavy atom. The fourth-order valence-electron chi connectivity index (χ4n) is 3.76. The fourth-order valence-corrected chi connectivity index (χ4v) is 3.76. The number of aromatic nitrogens is 3. The number of rotatable bonds is 5. The number of hydrogen-bond acceptors (Lipinski definition) is 4. The fraction of sp³-hybridized carbons (Fsp3) is 0.120. The van der Waals surface area contributed by atoms with E-state index in [1.54, 1.807) is 67.9 Å². The topological polar surface area (TPSA) is 63.6 Å². The monoisotopic (exact) mass is 431 g/mol. The molecule has 0 fully saturated rings. The SMILES string of the molecule is Cc1cccc(-c2cn3c(O)c(Cc4ccco4)nc3c(Cc3ccccc3F)n2)c1F. The summed E-state index contributed by atoms with van der Waals surface area (Å²) in [5, 5.41) is 10.9. The van der Waals surface area contributed by atoms with Crippen LogP contribution in [0.3, 0.4) is 0 Å². The average Bonchev–Trinajstić information content (AvgIpc) is 3.41. The van der Waals surface area contributed by atoms with Gasteiger partial charge >= 0.3 is 0 Å². The highest BCUT2D eigenvalue weighted by atomic mass is 19.1. The third-order valence-corrected chi connectivity index (χ3v) is 5.43. The molecule has 5 aromatic rings. The number of halogens is 2. The Balaban J connectivity index is 1.71. The van der Waals surface area contributed by atoms with E-state index in [-0.39, 0.29) is 24.5 Å². The lowest BCUT2D eigenvalue weighted by Gasteiger charge is -2.10. The second-order valence-corrected chi connectivity index (χ2v) is 7.61. The molecule has 0 unspecified atom stereocenters. The molecule has 7 heteroatoms. The maximum Gasteiger partial charge on any atom is 0.219 e. The smallest absolute Gasteiger partial charge is 0.219 e. The average molecular weight is 431 g/mol. The number of imidazole rings is 1. The Kier molecular flexibility index (Phi) is 4.93. The molecule has 0 spiro atoms. The molecular formula is C25H19F2N3O2. The van der Waals surface area contributed by atoms with Gasteiger partial charge in [-0.15, -0.1) is 0 Å². The van der Waals surface area contributed by atoms with Crippen LogP contribution in [0.1, 0.15) is 28.3 Å². The third kappa shape index (κ3) is 3.51. The lowest BCUT2D eigenvalue weighted by Crippen LogP contribution is -2.03. The van der Waals surface area contributed by atoms with E-state index >= 15 is 0 Å². The van der Waals surface area contributed by atoms with Crippen LogP contribution in [0.4, 0.5) is 8.78 Å². The Morgan fingerprint density at radius 3 is 2.56 bits per heavy atom. The zero-order valence-corrected chi connectivity index (χ0v) is 17.2. The van der Waals surface area contributed by atoms with Gasteiger partial charge in [-0.2, -0.15) is 0 Å². The van der Waals surface area contributed by atoms with Crippen LogP contribution < -0.4 is 0 Å². The standard InChI is InChI=1S/C25H19F2N3O2/c1-15-6-4-9-18(23(15)27)22-14-30-24(20(28-22)12-16-7-2-3-10-19(16)26)29-21(25(30)31)13-17-8-5-11-32-17/h2-11,14,31H,12-13H2,1H3. The predicted octanol–water partition coefficient (Wildman–Crippen LogP) is 5.46. The summed E-state index contributed by atoms with van der Waals surface area (Å²) < 4.78 is 36.1. The number of aromatic hydroxyl groups is 1. The maximum atomic E-state index is 14.9. The van der Waals surface area contributed by atoms with Gasteiger partial charge in [0.2, 0.25) is 5.88 Å². The van der Waals surface area contributed by atoms with E-state index in [0.717, 1.165) is 0 Å². The van der Waals surface area contributed by atoms with Crippen LogP contribution in [0.25, 0.3) is 16.9 Å². The predicted molar refractivity (Wildman–Crippen MR) is 116 cm³/mol. The maximum absolute atomic E-state index is 14.9. The van der Waals surface area contributed by atoms with Crippen LogP contribution in [-0.2, 0) is 12.8 Å².